The highest BCUT2D eigenvalue weighted by Gasteiger charge is 2.31. The molecule has 3 heteroatoms. The predicted molar refractivity (Wildman–Crippen MR) is 101 cm³/mol. The summed E-state index contributed by atoms with van der Waals surface area (Å²) in [5.74, 6) is 3.28. The third-order valence-electron chi connectivity index (χ3n) is 6.97. The molecular weight excluding hydrogens is 333 g/mol. The Balaban J connectivity index is 1.48. The molecule has 2 aliphatic carbocycles. The Morgan fingerprint density at radius 2 is 1.35 bits per heavy atom. The zero-order valence-electron chi connectivity index (χ0n) is 16.0. The molecule has 0 amide bonds. The average Bonchev–Trinajstić information content (AvgIpc) is 2.68. The summed E-state index contributed by atoms with van der Waals surface area (Å²) in [6.07, 6.45) is 8.26. The minimum absolute atomic E-state index is 0.0984. The van der Waals surface area contributed by atoms with Crippen LogP contribution in [-0.2, 0) is 0 Å². The van der Waals surface area contributed by atoms with Crippen LogP contribution in [0.2, 0.25) is 0 Å². The van der Waals surface area contributed by atoms with E-state index in [0.29, 0.717) is 5.92 Å². The van der Waals surface area contributed by atoms with Gasteiger partial charge >= 0.3 is 0 Å². The minimum Gasteiger partial charge on any atom is -0.236 e. The van der Waals surface area contributed by atoms with Gasteiger partial charge in [-0.2, -0.15) is 0 Å². The van der Waals surface area contributed by atoms with E-state index in [1.165, 1.54) is 69.8 Å². The van der Waals surface area contributed by atoms with Gasteiger partial charge in [-0.15, -0.1) is 0 Å². The van der Waals surface area contributed by atoms with Crippen molar-refractivity contribution in [2.75, 3.05) is 0 Å². The fourth-order valence-corrected chi connectivity index (χ4v) is 5.38. The normalized spacial score (nSPS) is 31.1. The predicted octanol–water partition coefficient (Wildman–Crippen LogP) is 7.84. The van der Waals surface area contributed by atoms with Crippen LogP contribution in [0.4, 0.5) is 13.2 Å². The number of benzene rings is 1. The van der Waals surface area contributed by atoms with Crippen molar-refractivity contribution in [3.05, 3.63) is 35.4 Å². The standard InChI is InChI=1S/C23H33F3/c1-2-3-16-4-6-17(7-5-16)18-8-10-19(11-9-18)20-12-14-21(15-13-20)22(24)23(25)26/h12-19,22-23H,2-11H2,1H3. The molecule has 0 radical (unpaired) electrons. The molecule has 0 heterocycles. The number of alkyl halides is 3. The van der Waals surface area contributed by atoms with Crippen LogP contribution in [0.25, 0.3) is 0 Å². The molecule has 146 valence electrons. The Labute approximate surface area is 156 Å². The highest BCUT2D eigenvalue weighted by molar-refractivity contribution is 5.27. The van der Waals surface area contributed by atoms with Crippen molar-refractivity contribution in [3.63, 3.8) is 0 Å². The van der Waals surface area contributed by atoms with Gasteiger partial charge in [0.2, 0.25) is 0 Å². The van der Waals surface area contributed by atoms with Gasteiger partial charge in [-0.1, -0.05) is 56.9 Å². The van der Waals surface area contributed by atoms with Gasteiger partial charge in [0, 0.05) is 0 Å². The number of halogens is 3. The van der Waals surface area contributed by atoms with Gasteiger partial charge in [-0.05, 0) is 73.3 Å². The molecule has 0 N–H and O–H groups in total. The van der Waals surface area contributed by atoms with E-state index in [-0.39, 0.29) is 5.56 Å². The van der Waals surface area contributed by atoms with Gasteiger partial charge in [-0.3, -0.25) is 0 Å². The summed E-state index contributed by atoms with van der Waals surface area (Å²) in [7, 11) is 0. The Hall–Kier alpha value is -0.990. The lowest BCUT2D eigenvalue weighted by Crippen LogP contribution is -2.25. The number of hydrogen-bond acceptors (Lipinski definition) is 0. The third kappa shape index (κ3) is 4.84. The number of rotatable bonds is 6. The molecule has 0 saturated heterocycles. The molecule has 2 aliphatic rings. The van der Waals surface area contributed by atoms with E-state index >= 15 is 0 Å². The van der Waals surface area contributed by atoms with E-state index in [1.54, 1.807) is 12.1 Å². The molecule has 0 aromatic heterocycles. The smallest absolute Gasteiger partial charge is 0.236 e. The van der Waals surface area contributed by atoms with Crippen LogP contribution in [0.15, 0.2) is 24.3 Å². The zero-order chi connectivity index (χ0) is 18.5. The fraction of sp³-hybridized carbons (Fsp3) is 0.739. The van der Waals surface area contributed by atoms with Crippen LogP contribution in [0.1, 0.15) is 94.3 Å². The monoisotopic (exact) mass is 366 g/mol. The van der Waals surface area contributed by atoms with Crippen molar-refractivity contribution in [2.24, 2.45) is 17.8 Å². The van der Waals surface area contributed by atoms with Gasteiger partial charge in [0.15, 0.2) is 6.17 Å². The zero-order valence-corrected chi connectivity index (χ0v) is 16.0. The van der Waals surface area contributed by atoms with E-state index < -0.39 is 12.6 Å². The second-order valence-electron chi connectivity index (χ2n) is 8.58. The molecule has 0 nitrogen and oxygen atoms in total. The molecule has 0 bridgehead atoms. The highest BCUT2D eigenvalue weighted by atomic mass is 19.3. The van der Waals surface area contributed by atoms with Crippen LogP contribution in [0.3, 0.4) is 0 Å². The second kappa shape index (κ2) is 9.28. The Morgan fingerprint density at radius 3 is 1.85 bits per heavy atom. The van der Waals surface area contributed by atoms with Crippen molar-refractivity contribution in [2.45, 2.75) is 89.6 Å². The van der Waals surface area contributed by atoms with Crippen molar-refractivity contribution in [1.29, 1.82) is 0 Å². The Bertz CT molecular complexity index is 523. The van der Waals surface area contributed by atoms with Gasteiger partial charge < -0.3 is 0 Å². The van der Waals surface area contributed by atoms with Crippen molar-refractivity contribution < 1.29 is 13.2 Å². The summed E-state index contributed by atoms with van der Waals surface area (Å²) in [6, 6.07) is 6.83. The first-order chi connectivity index (χ1) is 12.6. The molecule has 0 spiro atoms. The van der Waals surface area contributed by atoms with Crippen LogP contribution >= 0.6 is 0 Å². The molecule has 3 rings (SSSR count). The lowest BCUT2D eigenvalue weighted by molar-refractivity contribution is 0.0495. The average molecular weight is 367 g/mol. The van der Waals surface area contributed by atoms with E-state index in [9.17, 15) is 13.2 Å². The number of hydrogen-bond donors (Lipinski definition) is 0. The van der Waals surface area contributed by atoms with Gasteiger partial charge in [-0.25, -0.2) is 13.2 Å². The van der Waals surface area contributed by atoms with Gasteiger partial charge in [0.25, 0.3) is 6.43 Å². The maximum atomic E-state index is 13.4. The quantitative estimate of drug-likeness (QED) is 0.481. The summed E-state index contributed by atoms with van der Waals surface area (Å²) in [4.78, 5) is 0. The molecule has 1 unspecified atom stereocenters. The molecular formula is C23H33F3. The Kier molecular flexibility index (Phi) is 7.05. The fourth-order valence-electron chi connectivity index (χ4n) is 5.38. The molecule has 2 saturated carbocycles. The maximum absolute atomic E-state index is 13.4. The first kappa shape index (κ1) is 19.8. The molecule has 1 aromatic carbocycles. The van der Waals surface area contributed by atoms with Gasteiger partial charge in [0.05, 0.1) is 0 Å². The summed E-state index contributed by atoms with van der Waals surface area (Å²) >= 11 is 0. The van der Waals surface area contributed by atoms with Crippen LogP contribution in [-0.4, -0.2) is 6.43 Å². The Morgan fingerprint density at radius 1 is 0.808 bits per heavy atom. The SMILES string of the molecule is CCCC1CCC(C2CCC(c3ccc(C(F)C(F)F)cc3)CC2)CC1. The first-order valence-corrected chi connectivity index (χ1v) is 10.6. The minimum atomic E-state index is -2.94. The lowest BCUT2D eigenvalue weighted by atomic mass is 9.68. The maximum Gasteiger partial charge on any atom is 0.273 e. The lowest BCUT2D eigenvalue weighted by Gasteiger charge is -2.38. The molecule has 1 aromatic rings. The summed E-state index contributed by atoms with van der Waals surface area (Å²) in [6.45, 7) is 2.29. The summed E-state index contributed by atoms with van der Waals surface area (Å²) in [5.41, 5.74) is 1.29. The van der Waals surface area contributed by atoms with Crippen LogP contribution < -0.4 is 0 Å². The molecule has 1 atom stereocenters. The second-order valence-corrected chi connectivity index (χ2v) is 8.58. The van der Waals surface area contributed by atoms with Crippen molar-refractivity contribution in [3.8, 4) is 0 Å². The van der Waals surface area contributed by atoms with E-state index in [4.69, 9.17) is 0 Å². The molecule has 0 aliphatic heterocycles. The highest BCUT2D eigenvalue weighted by Crippen LogP contribution is 2.44. The summed E-state index contributed by atoms with van der Waals surface area (Å²) < 4.78 is 38.4. The van der Waals surface area contributed by atoms with E-state index in [0.717, 1.165) is 17.8 Å². The molecule has 2 fully saturated rings. The topological polar surface area (TPSA) is 0 Å². The van der Waals surface area contributed by atoms with Gasteiger partial charge in [0.1, 0.15) is 0 Å². The molecule has 26 heavy (non-hydrogen) atoms. The van der Waals surface area contributed by atoms with Crippen LogP contribution in [0.5, 0.6) is 0 Å². The van der Waals surface area contributed by atoms with Crippen molar-refractivity contribution in [1.82, 2.24) is 0 Å². The van der Waals surface area contributed by atoms with E-state index in [2.05, 4.69) is 6.92 Å². The van der Waals surface area contributed by atoms with E-state index in [1.807, 2.05) is 12.1 Å². The first-order valence-electron chi connectivity index (χ1n) is 10.6. The van der Waals surface area contributed by atoms with Crippen molar-refractivity contribution >= 4 is 0 Å². The summed E-state index contributed by atoms with van der Waals surface area (Å²) in [5, 5.41) is 0. The third-order valence-corrected chi connectivity index (χ3v) is 6.97. The van der Waals surface area contributed by atoms with Crippen LogP contribution in [0, 0.1) is 17.8 Å². The largest absolute Gasteiger partial charge is 0.273 e.